The van der Waals surface area contributed by atoms with E-state index in [1.54, 1.807) is 42.7 Å². The maximum atomic E-state index is 5.65. The van der Waals surface area contributed by atoms with E-state index in [0.29, 0.717) is 18.4 Å². The van der Waals surface area contributed by atoms with Crippen molar-refractivity contribution in [2.24, 2.45) is 10.9 Å². The van der Waals surface area contributed by atoms with Crippen molar-refractivity contribution in [3.8, 4) is 0 Å². The average Bonchev–Trinajstić information content (AvgIpc) is 2.57. The van der Waals surface area contributed by atoms with E-state index in [4.69, 9.17) is 31.5 Å². The Morgan fingerprint density at radius 1 is 0.833 bits per heavy atom. The summed E-state index contributed by atoms with van der Waals surface area (Å²) in [4.78, 5) is 4.87. The minimum absolute atomic E-state index is 0.233. The van der Waals surface area contributed by atoms with Crippen LogP contribution in [0.5, 0.6) is 0 Å². The summed E-state index contributed by atoms with van der Waals surface area (Å²) in [7, 11) is 4.01. The smallest absolute Gasteiger partial charge is 0.377 e. The predicted octanol–water partition coefficient (Wildman–Crippen LogP) is 2.55. The second kappa shape index (κ2) is 11.5. The Morgan fingerprint density at radius 2 is 1.29 bits per heavy atom. The van der Waals surface area contributed by atoms with Crippen molar-refractivity contribution >= 4 is 23.3 Å². The van der Waals surface area contributed by atoms with Crippen LogP contribution >= 0.6 is 0 Å². The second-order valence-corrected chi connectivity index (χ2v) is 12.2. The van der Waals surface area contributed by atoms with Crippen molar-refractivity contribution in [2.75, 3.05) is 42.7 Å². The summed E-state index contributed by atoms with van der Waals surface area (Å²) < 4.78 is 33.5. The zero-order valence-electron chi connectivity index (χ0n) is 16.7. The fraction of sp³-hybridized carbons (Fsp3) is 0.933. The second-order valence-electron chi connectivity index (χ2n) is 6.03. The molecule has 7 nitrogen and oxygen atoms in total. The van der Waals surface area contributed by atoms with Gasteiger partial charge in [-0.05, 0) is 25.7 Å². The first-order valence-corrected chi connectivity index (χ1v) is 11.9. The Morgan fingerprint density at radius 3 is 1.62 bits per heavy atom. The molecule has 0 amide bonds. The average molecular weight is 382 g/mol. The molecule has 1 unspecified atom stereocenters. The molecule has 0 fully saturated rings. The zero-order valence-corrected chi connectivity index (χ0v) is 18.7. The van der Waals surface area contributed by atoms with Crippen LogP contribution < -0.4 is 0 Å². The lowest BCUT2D eigenvalue weighted by Gasteiger charge is -2.32. The van der Waals surface area contributed by atoms with Gasteiger partial charge >= 0.3 is 17.6 Å². The van der Waals surface area contributed by atoms with Gasteiger partial charge in [-0.1, -0.05) is 13.8 Å². The third kappa shape index (κ3) is 6.64. The van der Waals surface area contributed by atoms with Gasteiger partial charge in [0.05, 0.1) is 0 Å². The third-order valence-corrected chi connectivity index (χ3v) is 9.71. The summed E-state index contributed by atoms with van der Waals surface area (Å²) in [5, 5.41) is 0. The van der Waals surface area contributed by atoms with E-state index in [0.717, 1.165) is 12.1 Å². The Bertz CT molecular complexity index is 356. The highest BCUT2D eigenvalue weighted by Gasteiger charge is 2.50. The first-order valence-electron chi connectivity index (χ1n) is 8.12. The van der Waals surface area contributed by atoms with E-state index >= 15 is 0 Å². The van der Waals surface area contributed by atoms with E-state index in [-0.39, 0.29) is 5.67 Å². The highest BCUT2D eigenvalue weighted by molar-refractivity contribution is 6.63. The van der Waals surface area contributed by atoms with Crippen molar-refractivity contribution in [1.82, 2.24) is 0 Å². The molecule has 0 aromatic rings. The zero-order chi connectivity index (χ0) is 18.8. The first-order chi connectivity index (χ1) is 11.3. The van der Waals surface area contributed by atoms with Crippen LogP contribution in [0.1, 0.15) is 33.6 Å². The molecule has 0 aliphatic carbocycles. The van der Waals surface area contributed by atoms with Crippen LogP contribution in [-0.2, 0) is 26.6 Å². The monoisotopic (exact) mass is 381 g/mol. The van der Waals surface area contributed by atoms with Crippen LogP contribution in [0.2, 0.25) is 6.04 Å². The molecule has 0 aromatic carbocycles. The van der Waals surface area contributed by atoms with Gasteiger partial charge in [0.25, 0.3) is 0 Å². The minimum atomic E-state index is -2.93. The van der Waals surface area contributed by atoms with Crippen molar-refractivity contribution in [1.29, 1.82) is 0 Å². The predicted molar refractivity (Wildman–Crippen MR) is 99.3 cm³/mol. The van der Waals surface area contributed by atoms with Crippen molar-refractivity contribution in [3.63, 3.8) is 0 Å². The van der Waals surface area contributed by atoms with Crippen molar-refractivity contribution in [3.05, 3.63) is 0 Å². The van der Waals surface area contributed by atoms with Gasteiger partial charge in [0.2, 0.25) is 0 Å². The number of aliphatic imine (C=N–C) groups is 1. The van der Waals surface area contributed by atoms with Crippen molar-refractivity contribution in [2.45, 2.75) is 45.3 Å². The molecule has 0 bridgehead atoms. The summed E-state index contributed by atoms with van der Waals surface area (Å²) >= 11 is 0. The SMILES string of the molecule is CO[Si](CCC(N=C(C)CC(C)C)[Si](OC)(OC)OC)(OC)OC. The molecule has 0 aliphatic rings. The standard InChI is InChI=1S/C15H35NO6Si2/c1-13(2)12-14(3)16-15(24(20-7,21-8)22-9)10-11-23(17-4,18-5)19-6/h13,15H,10-12H2,1-9H3. The van der Waals surface area contributed by atoms with E-state index in [1.807, 2.05) is 6.92 Å². The van der Waals surface area contributed by atoms with Gasteiger partial charge in [0.1, 0.15) is 5.67 Å². The minimum Gasteiger partial charge on any atom is -0.377 e. The normalized spacial score (nSPS) is 15.2. The lowest BCUT2D eigenvalue weighted by Crippen LogP contribution is -2.55. The molecular formula is C15H35NO6Si2. The van der Waals surface area contributed by atoms with Crippen molar-refractivity contribution < 1.29 is 26.6 Å². The molecular weight excluding hydrogens is 346 g/mol. The molecule has 0 rings (SSSR count). The maximum Gasteiger partial charge on any atom is 0.526 e. The van der Waals surface area contributed by atoms with Gasteiger partial charge < -0.3 is 26.6 Å². The van der Waals surface area contributed by atoms with Gasteiger partial charge in [-0.25, -0.2) is 0 Å². The molecule has 0 radical (unpaired) electrons. The molecule has 144 valence electrons. The first kappa shape index (κ1) is 23.9. The third-order valence-electron chi connectivity index (χ3n) is 4.00. The highest BCUT2D eigenvalue weighted by atomic mass is 28.4. The van der Waals surface area contributed by atoms with Crippen LogP contribution in [0.15, 0.2) is 4.99 Å². The Balaban J connectivity index is 5.47. The molecule has 0 aromatic heterocycles. The van der Waals surface area contributed by atoms with E-state index < -0.39 is 17.6 Å². The van der Waals surface area contributed by atoms with Gasteiger partial charge in [0, 0.05) is 54.4 Å². The summed E-state index contributed by atoms with van der Waals surface area (Å²) in [5.74, 6) is 0.531. The molecule has 24 heavy (non-hydrogen) atoms. The largest absolute Gasteiger partial charge is 0.526 e. The molecule has 0 N–H and O–H groups in total. The highest BCUT2D eigenvalue weighted by Crippen LogP contribution is 2.25. The fourth-order valence-corrected chi connectivity index (χ4v) is 6.98. The van der Waals surface area contributed by atoms with Gasteiger partial charge in [0.15, 0.2) is 0 Å². The quantitative estimate of drug-likeness (QED) is 0.361. The van der Waals surface area contributed by atoms with Crippen LogP contribution in [0.25, 0.3) is 0 Å². The van der Waals surface area contributed by atoms with Crippen LogP contribution in [0.3, 0.4) is 0 Å². The summed E-state index contributed by atoms with van der Waals surface area (Å²) in [6.07, 6.45) is 1.55. The molecule has 1 atom stereocenters. The molecule has 0 spiro atoms. The summed E-state index contributed by atoms with van der Waals surface area (Å²) in [6, 6.07) is 0.602. The lowest BCUT2D eigenvalue weighted by atomic mass is 10.1. The topological polar surface area (TPSA) is 67.7 Å². The Kier molecular flexibility index (Phi) is 11.4. The Labute approximate surface area is 149 Å². The Hall–Kier alpha value is -0.136. The number of hydrogen-bond donors (Lipinski definition) is 0. The lowest BCUT2D eigenvalue weighted by molar-refractivity contribution is 0.107. The molecule has 0 saturated carbocycles. The van der Waals surface area contributed by atoms with Crippen LogP contribution in [-0.4, -0.2) is 71.6 Å². The number of rotatable bonds is 13. The van der Waals surface area contributed by atoms with Crippen LogP contribution in [0.4, 0.5) is 0 Å². The van der Waals surface area contributed by atoms with E-state index in [9.17, 15) is 0 Å². The fourth-order valence-electron chi connectivity index (χ4n) is 2.76. The maximum absolute atomic E-state index is 5.65. The van der Waals surface area contributed by atoms with E-state index in [1.165, 1.54) is 0 Å². The number of nitrogens with zero attached hydrogens (tertiary/aromatic N) is 1. The molecule has 0 aliphatic heterocycles. The van der Waals surface area contributed by atoms with Gasteiger partial charge in [-0.15, -0.1) is 0 Å². The molecule has 9 heteroatoms. The van der Waals surface area contributed by atoms with Gasteiger partial charge in [-0.3, -0.25) is 4.99 Å². The van der Waals surface area contributed by atoms with Crippen LogP contribution in [0, 0.1) is 5.92 Å². The summed E-state index contributed by atoms with van der Waals surface area (Å²) in [5.41, 5.74) is 0.820. The van der Waals surface area contributed by atoms with E-state index in [2.05, 4.69) is 13.8 Å². The molecule has 0 heterocycles. The molecule has 0 saturated heterocycles. The number of hydrogen-bond acceptors (Lipinski definition) is 7. The summed E-state index contributed by atoms with van der Waals surface area (Å²) in [6.45, 7) is 6.36. The van der Waals surface area contributed by atoms with Gasteiger partial charge in [-0.2, -0.15) is 0 Å².